The van der Waals surface area contributed by atoms with Crippen LogP contribution in [-0.4, -0.2) is 7.11 Å². The van der Waals surface area contributed by atoms with Crippen LogP contribution in [-0.2, 0) is 35.8 Å². The van der Waals surface area contributed by atoms with E-state index in [1.165, 1.54) is 7.11 Å². The van der Waals surface area contributed by atoms with Gasteiger partial charge in [0.1, 0.15) is 0 Å². The first-order chi connectivity index (χ1) is 8.31. The Morgan fingerprint density at radius 2 is 1.61 bits per heavy atom. The maximum Gasteiger partial charge on any atom is 2.00 e. The van der Waals surface area contributed by atoms with E-state index in [9.17, 15) is 5.11 Å². The van der Waals surface area contributed by atoms with Gasteiger partial charge >= 0.3 is 51.0 Å². The van der Waals surface area contributed by atoms with E-state index in [-0.39, 0.29) is 23.0 Å². The Balaban J connectivity index is -0.0000000700. The second-order valence-corrected chi connectivity index (χ2v) is 2.07. The largest absolute Gasteiger partial charge is 2.00 e. The molecular weight excluding hydrogens is 280 g/mol. The molecule has 0 N–H and O–H groups in total. The van der Waals surface area contributed by atoms with Crippen LogP contribution in [0.4, 0.5) is 0 Å². The molecule has 0 aromatic carbocycles. The van der Waals surface area contributed by atoms with Crippen LogP contribution in [0, 0.1) is 26.4 Å². The van der Waals surface area contributed by atoms with Gasteiger partial charge in [-0.1, -0.05) is 12.5 Å². The third-order valence-corrected chi connectivity index (χ3v) is 1.17. The van der Waals surface area contributed by atoms with E-state index < -0.39 is 0 Å². The number of ether oxygens (including phenoxy) is 1. The molecule has 0 radical (unpaired) electrons. The second-order valence-electron chi connectivity index (χ2n) is 2.07. The van der Waals surface area contributed by atoms with Crippen molar-refractivity contribution in [1.82, 2.24) is 0 Å². The van der Waals surface area contributed by atoms with Crippen molar-refractivity contribution in [2.24, 2.45) is 0 Å². The molecule has 18 heavy (non-hydrogen) atoms. The second kappa shape index (κ2) is 44.8. The molecule has 0 saturated heterocycles. The molecule has 0 saturated carbocycles. The van der Waals surface area contributed by atoms with E-state index in [2.05, 4.69) is 24.7 Å². The van der Waals surface area contributed by atoms with E-state index in [0.717, 1.165) is 12.8 Å². The van der Waals surface area contributed by atoms with Crippen LogP contribution in [0.3, 0.4) is 0 Å². The molecular formula is C12H14FeO5. The average molecular weight is 294 g/mol. The Kier molecular flexibility index (Phi) is 74.9. The van der Waals surface area contributed by atoms with Gasteiger partial charge in [-0.15, -0.1) is 6.92 Å². The molecule has 0 rings (SSSR count). The van der Waals surface area contributed by atoms with Crippen molar-refractivity contribution in [3.8, 4) is 0 Å². The van der Waals surface area contributed by atoms with Gasteiger partial charge in [0.25, 0.3) is 0 Å². The van der Waals surface area contributed by atoms with Gasteiger partial charge in [0, 0.05) is 5.95 Å². The summed E-state index contributed by atoms with van der Waals surface area (Å²) in [5.74, 6) is -0.251. The molecule has 0 spiro atoms. The molecule has 0 aliphatic heterocycles. The SMILES string of the molecule is C[CH-]/C=C\CC/C=C(/[O-])OC.[C-]#[O+].[C-]#[O+].[C-]#[O+].[Fe+2]. The van der Waals surface area contributed by atoms with E-state index in [1.54, 1.807) is 6.08 Å². The van der Waals surface area contributed by atoms with Gasteiger partial charge in [0.2, 0.25) is 0 Å². The first kappa shape index (κ1) is 30.1. The van der Waals surface area contributed by atoms with Crippen molar-refractivity contribution in [1.29, 1.82) is 0 Å². The summed E-state index contributed by atoms with van der Waals surface area (Å²) in [6.45, 7) is 15.5. The molecule has 0 amide bonds. The fourth-order valence-electron chi connectivity index (χ4n) is 0.613. The Morgan fingerprint density at radius 1 is 1.17 bits per heavy atom. The number of hydrogen-bond acceptors (Lipinski definition) is 2. The van der Waals surface area contributed by atoms with Crippen LogP contribution in [0.15, 0.2) is 24.2 Å². The molecule has 0 bridgehead atoms. The Labute approximate surface area is 119 Å². The molecule has 0 aromatic heterocycles. The van der Waals surface area contributed by atoms with Crippen LogP contribution >= 0.6 is 0 Å². The van der Waals surface area contributed by atoms with E-state index in [1.807, 2.05) is 25.5 Å². The fourth-order valence-corrected chi connectivity index (χ4v) is 0.613. The molecule has 0 fully saturated rings. The standard InChI is InChI=1S/C9H15O2.3CO.Fe/c1-3-4-5-6-7-8-9(10)11-2;3*1-2;/h3-5,8,10H,6-7H2,1-2H3;;;;/q-1;;;;+2/p-1/b5-4-,9-8-;;;;. The van der Waals surface area contributed by atoms with Gasteiger partial charge in [-0.2, -0.15) is 0 Å². The van der Waals surface area contributed by atoms with Crippen molar-refractivity contribution in [2.45, 2.75) is 19.8 Å². The van der Waals surface area contributed by atoms with Crippen LogP contribution in [0.25, 0.3) is 0 Å². The zero-order valence-electron chi connectivity index (χ0n) is 10.1. The fraction of sp³-hybridized carbons (Fsp3) is 0.333. The van der Waals surface area contributed by atoms with Crippen LogP contribution in [0.2, 0.25) is 0 Å². The van der Waals surface area contributed by atoms with Crippen molar-refractivity contribution < 1.29 is 40.9 Å². The van der Waals surface area contributed by atoms with Gasteiger partial charge in [-0.3, -0.25) is 0 Å². The number of rotatable bonds is 5. The minimum absolute atomic E-state index is 0. The van der Waals surface area contributed by atoms with Crippen molar-refractivity contribution in [3.63, 3.8) is 0 Å². The van der Waals surface area contributed by atoms with Crippen molar-refractivity contribution >= 4 is 0 Å². The quantitative estimate of drug-likeness (QED) is 0.251. The molecule has 0 aromatic rings. The summed E-state index contributed by atoms with van der Waals surface area (Å²) >= 11 is 0. The zero-order valence-corrected chi connectivity index (χ0v) is 11.2. The molecule has 6 heteroatoms. The molecule has 0 atom stereocenters. The third-order valence-electron chi connectivity index (χ3n) is 1.17. The molecule has 100 valence electrons. The minimum Gasteiger partial charge on any atom is 2.00 e. The normalized spacial score (nSPS) is 7.67. The summed E-state index contributed by atoms with van der Waals surface area (Å²) in [4.78, 5) is 0. The summed E-state index contributed by atoms with van der Waals surface area (Å²) in [5, 5.41) is 10.5. The Bertz CT molecular complexity index is 226. The van der Waals surface area contributed by atoms with E-state index in [4.69, 9.17) is 14.0 Å². The Hall–Kier alpha value is -1.31. The topological polar surface area (TPSA) is 92.0 Å². The van der Waals surface area contributed by atoms with Gasteiger partial charge in [-0.25, -0.2) is 18.6 Å². The maximum atomic E-state index is 10.5. The minimum atomic E-state index is -0.251. The van der Waals surface area contributed by atoms with Crippen LogP contribution in [0.5, 0.6) is 0 Å². The molecule has 5 nitrogen and oxygen atoms in total. The summed E-state index contributed by atoms with van der Waals surface area (Å²) in [6, 6.07) is 0. The van der Waals surface area contributed by atoms with Gasteiger partial charge in [-0.05, 0) is 13.5 Å². The van der Waals surface area contributed by atoms with E-state index >= 15 is 0 Å². The zero-order chi connectivity index (χ0) is 14.5. The predicted octanol–water partition coefficient (Wildman–Crippen LogP) is 1.28. The third kappa shape index (κ3) is 46.6. The number of unbranched alkanes of at least 4 members (excludes halogenated alkanes) is 1. The van der Waals surface area contributed by atoms with Gasteiger partial charge in [0.15, 0.2) is 0 Å². The molecule has 0 aliphatic carbocycles. The molecule has 0 heterocycles. The monoisotopic (exact) mass is 294 g/mol. The summed E-state index contributed by atoms with van der Waals surface area (Å²) in [7, 11) is 1.38. The molecule has 0 unspecified atom stereocenters. The number of methoxy groups -OCH3 is 1. The summed E-state index contributed by atoms with van der Waals surface area (Å²) in [6.07, 6.45) is 9.11. The summed E-state index contributed by atoms with van der Waals surface area (Å²) < 4.78 is 26.9. The predicted molar refractivity (Wildman–Crippen MR) is 55.2 cm³/mol. The Morgan fingerprint density at radius 3 is 1.94 bits per heavy atom. The maximum absolute atomic E-state index is 10.5. The average Bonchev–Trinajstić information content (AvgIpc) is 2.45. The van der Waals surface area contributed by atoms with Gasteiger partial charge in [0.05, 0.1) is 0 Å². The number of allylic oxidation sites excluding steroid dienone is 3. The molecule has 0 aliphatic rings. The van der Waals surface area contributed by atoms with Crippen molar-refractivity contribution in [3.05, 3.63) is 50.5 Å². The first-order valence-electron chi connectivity index (χ1n) is 4.28. The number of hydrogen-bond donors (Lipinski definition) is 0. The van der Waals surface area contributed by atoms with E-state index in [0.29, 0.717) is 0 Å². The van der Waals surface area contributed by atoms with Crippen LogP contribution in [0.1, 0.15) is 19.8 Å². The van der Waals surface area contributed by atoms with Gasteiger partial charge < -0.3 is 9.84 Å². The summed E-state index contributed by atoms with van der Waals surface area (Å²) in [5.41, 5.74) is 0. The van der Waals surface area contributed by atoms with Crippen LogP contribution < -0.4 is 5.11 Å². The first-order valence-corrected chi connectivity index (χ1v) is 4.28. The van der Waals surface area contributed by atoms with Crippen molar-refractivity contribution in [2.75, 3.05) is 7.11 Å². The smallest absolute Gasteiger partial charge is 2.00 e.